The van der Waals surface area contributed by atoms with Gasteiger partial charge in [0.25, 0.3) is 0 Å². The zero-order valence-corrected chi connectivity index (χ0v) is 24.3. The SMILES string of the molecule is CC1CC(C)C(CCCCCCCCCC(C(=O)O)C(=O)O)C1CCCCCCCCCC(C(=O)O)C(=O)O. The molecule has 1 aliphatic carbocycles. The van der Waals surface area contributed by atoms with Crippen LogP contribution in [0.15, 0.2) is 0 Å². The van der Waals surface area contributed by atoms with Crippen LogP contribution >= 0.6 is 0 Å². The van der Waals surface area contributed by atoms with Crippen LogP contribution in [0.2, 0.25) is 0 Å². The monoisotopic (exact) mass is 554 g/mol. The van der Waals surface area contributed by atoms with Crippen LogP contribution in [0, 0.1) is 35.5 Å². The molecular weight excluding hydrogens is 500 g/mol. The molecule has 0 aromatic heterocycles. The first-order chi connectivity index (χ1) is 18.6. The lowest BCUT2D eigenvalue weighted by Crippen LogP contribution is -2.23. The van der Waals surface area contributed by atoms with Crippen molar-refractivity contribution in [1.29, 1.82) is 0 Å². The van der Waals surface area contributed by atoms with Crippen molar-refractivity contribution in [2.75, 3.05) is 0 Å². The van der Waals surface area contributed by atoms with E-state index in [9.17, 15) is 19.2 Å². The molecule has 0 spiro atoms. The average Bonchev–Trinajstić information content (AvgIpc) is 3.12. The Bertz CT molecular complexity index is 648. The Hall–Kier alpha value is -2.12. The van der Waals surface area contributed by atoms with Crippen LogP contribution in [0.5, 0.6) is 0 Å². The van der Waals surface area contributed by atoms with Gasteiger partial charge in [-0.2, -0.15) is 0 Å². The van der Waals surface area contributed by atoms with E-state index in [4.69, 9.17) is 20.4 Å². The molecule has 0 aromatic rings. The summed E-state index contributed by atoms with van der Waals surface area (Å²) in [6.45, 7) is 4.84. The van der Waals surface area contributed by atoms with Gasteiger partial charge in [0, 0.05) is 0 Å². The molecule has 4 unspecified atom stereocenters. The minimum absolute atomic E-state index is 0.216. The fraction of sp³-hybridized carbons (Fsp3) is 0.871. The first-order valence-electron chi connectivity index (χ1n) is 15.5. The Morgan fingerprint density at radius 3 is 1.03 bits per heavy atom. The lowest BCUT2D eigenvalue weighted by Gasteiger charge is -2.25. The zero-order valence-electron chi connectivity index (χ0n) is 24.3. The molecule has 226 valence electrons. The summed E-state index contributed by atoms with van der Waals surface area (Å²) in [5.74, 6) is -4.28. The molecule has 8 heteroatoms. The van der Waals surface area contributed by atoms with E-state index in [-0.39, 0.29) is 12.8 Å². The van der Waals surface area contributed by atoms with Gasteiger partial charge in [0.05, 0.1) is 0 Å². The number of unbranched alkanes of at least 4 members (excludes halogenated alkanes) is 12. The predicted octanol–water partition coefficient (Wildman–Crippen LogP) is 7.49. The molecule has 0 radical (unpaired) electrons. The summed E-state index contributed by atoms with van der Waals surface area (Å²) in [7, 11) is 0. The number of rotatable bonds is 24. The van der Waals surface area contributed by atoms with E-state index >= 15 is 0 Å². The summed E-state index contributed by atoms with van der Waals surface area (Å²) in [5.41, 5.74) is 0. The van der Waals surface area contributed by atoms with Crippen molar-refractivity contribution >= 4 is 23.9 Å². The van der Waals surface area contributed by atoms with Crippen molar-refractivity contribution in [1.82, 2.24) is 0 Å². The van der Waals surface area contributed by atoms with Crippen molar-refractivity contribution in [2.24, 2.45) is 35.5 Å². The fourth-order valence-corrected chi connectivity index (χ4v) is 6.71. The Balaban J connectivity index is 2.12. The summed E-state index contributed by atoms with van der Waals surface area (Å²) in [6.07, 6.45) is 19.2. The van der Waals surface area contributed by atoms with Crippen molar-refractivity contribution in [3.63, 3.8) is 0 Å². The summed E-state index contributed by atoms with van der Waals surface area (Å²) in [6, 6.07) is 0. The van der Waals surface area contributed by atoms with Gasteiger partial charge in [0.1, 0.15) is 0 Å². The quantitative estimate of drug-likeness (QED) is 0.0708. The second-order valence-corrected chi connectivity index (χ2v) is 12.1. The third kappa shape index (κ3) is 14.2. The topological polar surface area (TPSA) is 149 Å². The van der Waals surface area contributed by atoms with Crippen molar-refractivity contribution in [3.05, 3.63) is 0 Å². The molecule has 1 saturated carbocycles. The molecule has 4 N–H and O–H groups in total. The molecule has 0 aromatic carbocycles. The van der Waals surface area contributed by atoms with E-state index in [1.165, 1.54) is 57.8 Å². The molecule has 1 fully saturated rings. The fourth-order valence-electron chi connectivity index (χ4n) is 6.71. The van der Waals surface area contributed by atoms with E-state index in [0.717, 1.165) is 62.2 Å². The van der Waals surface area contributed by atoms with Gasteiger partial charge in [-0.3, -0.25) is 19.2 Å². The number of hydrogen-bond donors (Lipinski definition) is 4. The van der Waals surface area contributed by atoms with Gasteiger partial charge in [-0.05, 0) is 55.8 Å². The zero-order chi connectivity index (χ0) is 29.2. The summed E-state index contributed by atoms with van der Waals surface area (Å²) in [4.78, 5) is 43.7. The van der Waals surface area contributed by atoms with Crippen molar-refractivity contribution < 1.29 is 39.6 Å². The molecule has 1 aliphatic rings. The highest BCUT2D eigenvalue weighted by Gasteiger charge is 2.37. The minimum atomic E-state index is -1.27. The smallest absolute Gasteiger partial charge is 0.317 e. The molecule has 39 heavy (non-hydrogen) atoms. The van der Waals surface area contributed by atoms with Gasteiger partial charge in [-0.25, -0.2) is 0 Å². The molecule has 1 rings (SSSR count). The number of carboxylic acids is 4. The lowest BCUT2D eigenvalue weighted by atomic mass is 9.81. The van der Waals surface area contributed by atoms with Gasteiger partial charge in [0.15, 0.2) is 11.8 Å². The maximum atomic E-state index is 10.9. The third-order valence-electron chi connectivity index (χ3n) is 9.01. The van der Waals surface area contributed by atoms with Crippen LogP contribution in [0.4, 0.5) is 0 Å². The van der Waals surface area contributed by atoms with Crippen molar-refractivity contribution in [3.8, 4) is 0 Å². The summed E-state index contributed by atoms with van der Waals surface area (Å²) in [5, 5.41) is 35.7. The number of hydrogen-bond acceptors (Lipinski definition) is 4. The van der Waals surface area contributed by atoms with Crippen molar-refractivity contribution in [2.45, 2.75) is 136 Å². The highest BCUT2D eigenvalue weighted by Crippen LogP contribution is 2.46. The Morgan fingerprint density at radius 1 is 0.487 bits per heavy atom. The van der Waals surface area contributed by atoms with Crippen LogP contribution in [0.1, 0.15) is 136 Å². The number of carbonyl (C=O) groups is 4. The molecule has 0 aliphatic heterocycles. The second-order valence-electron chi connectivity index (χ2n) is 12.1. The first-order valence-corrected chi connectivity index (χ1v) is 15.5. The minimum Gasteiger partial charge on any atom is -0.481 e. The van der Waals surface area contributed by atoms with E-state index in [1.54, 1.807) is 0 Å². The maximum absolute atomic E-state index is 10.9. The van der Waals surface area contributed by atoms with E-state index < -0.39 is 35.7 Å². The number of aliphatic carboxylic acids is 4. The van der Waals surface area contributed by atoms with E-state index in [1.807, 2.05) is 0 Å². The van der Waals surface area contributed by atoms with E-state index in [2.05, 4.69) is 13.8 Å². The molecule has 4 atom stereocenters. The van der Waals surface area contributed by atoms with Crippen LogP contribution < -0.4 is 0 Å². The normalized spacial score (nSPS) is 21.0. The number of carboxylic acid groups (broad SMARTS) is 4. The Morgan fingerprint density at radius 2 is 0.744 bits per heavy atom. The molecular formula is C31H54O8. The molecule has 0 heterocycles. The average molecular weight is 555 g/mol. The Labute approximate surface area is 235 Å². The Kier molecular flexibility index (Phi) is 17.8. The maximum Gasteiger partial charge on any atom is 0.317 e. The van der Waals surface area contributed by atoms with Crippen LogP contribution in [0.25, 0.3) is 0 Å². The van der Waals surface area contributed by atoms with Crippen LogP contribution in [0.3, 0.4) is 0 Å². The second kappa shape index (κ2) is 19.9. The van der Waals surface area contributed by atoms with Crippen LogP contribution in [-0.2, 0) is 19.2 Å². The molecule has 0 saturated heterocycles. The lowest BCUT2D eigenvalue weighted by molar-refractivity contribution is -0.156. The third-order valence-corrected chi connectivity index (χ3v) is 9.01. The molecule has 0 amide bonds. The molecule has 0 bridgehead atoms. The largest absolute Gasteiger partial charge is 0.481 e. The van der Waals surface area contributed by atoms with Gasteiger partial charge in [-0.1, -0.05) is 104 Å². The van der Waals surface area contributed by atoms with E-state index in [0.29, 0.717) is 12.8 Å². The van der Waals surface area contributed by atoms with Gasteiger partial charge in [0.2, 0.25) is 0 Å². The highest BCUT2D eigenvalue weighted by atomic mass is 16.4. The highest BCUT2D eigenvalue weighted by molar-refractivity contribution is 5.93. The van der Waals surface area contributed by atoms with Gasteiger partial charge in [-0.15, -0.1) is 0 Å². The summed E-state index contributed by atoms with van der Waals surface area (Å²) < 4.78 is 0. The standard InChI is InChI=1S/C31H54O8/c1-22-21-23(2)25(18-14-10-6-4-8-12-16-20-27(30(36)37)31(38)39)24(22)17-13-9-5-3-7-11-15-19-26(28(32)33)29(34)35/h22-27H,3-21H2,1-2H3,(H,32,33)(H,34,35)(H,36,37)(H,38,39). The first kappa shape index (κ1) is 34.9. The summed E-state index contributed by atoms with van der Waals surface area (Å²) >= 11 is 0. The van der Waals surface area contributed by atoms with Gasteiger partial charge >= 0.3 is 23.9 Å². The van der Waals surface area contributed by atoms with Crippen LogP contribution in [-0.4, -0.2) is 44.3 Å². The van der Waals surface area contributed by atoms with Gasteiger partial charge < -0.3 is 20.4 Å². The molecule has 8 nitrogen and oxygen atoms in total. The predicted molar refractivity (Wildman–Crippen MR) is 151 cm³/mol.